The van der Waals surface area contributed by atoms with E-state index in [0.29, 0.717) is 12.3 Å². The monoisotopic (exact) mass is 308 g/mol. The fraction of sp³-hybridized carbons (Fsp3) is 0.700. The molecule has 22 heavy (non-hydrogen) atoms. The zero-order valence-corrected chi connectivity index (χ0v) is 15.5. The fourth-order valence-electron chi connectivity index (χ4n) is 2.33. The molecule has 0 saturated carbocycles. The summed E-state index contributed by atoms with van der Waals surface area (Å²) in [6.07, 6.45) is 10.1. The van der Waals surface area contributed by atoms with Crippen molar-refractivity contribution in [2.75, 3.05) is 0 Å². The number of aliphatic hydroxyl groups excluding tert-OH is 1. The first kappa shape index (κ1) is 21.1. The van der Waals surface area contributed by atoms with Crippen LogP contribution in [0.3, 0.4) is 0 Å². The maximum Gasteiger partial charge on any atom is 0.155 e. The standard InChI is InChI=1S/C20H36O2/c1-8-20(7,14-10-12-17(4)5)22-19(21)15-18(6)13-9-11-16(2)3/h8,11-12,18-19,21H,1,9-10,13-15H2,2-7H3/t18?,19-,20+/m1/s1. The minimum atomic E-state index is -0.726. The van der Waals surface area contributed by atoms with Crippen LogP contribution < -0.4 is 0 Å². The Labute approximate surface area is 138 Å². The van der Waals surface area contributed by atoms with Crippen molar-refractivity contribution in [3.63, 3.8) is 0 Å². The summed E-state index contributed by atoms with van der Waals surface area (Å²) >= 11 is 0. The van der Waals surface area contributed by atoms with Gasteiger partial charge in [0.2, 0.25) is 0 Å². The quantitative estimate of drug-likeness (QED) is 0.387. The molecule has 2 nitrogen and oxygen atoms in total. The Kier molecular flexibility index (Phi) is 10.4. The average molecular weight is 309 g/mol. The van der Waals surface area contributed by atoms with Gasteiger partial charge in [0.1, 0.15) is 0 Å². The van der Waals surface area contributed by atoms with Crippen LogP contribution in [0.2, 0.25) is 0 Å². The number of ether oxygens (including phenoxy) is 1. The molecule has 128 valence electrons. The molecule has 0 saturated heterocycles. The van der Waals surface area contributed by atoms with Gasteiger partial charge in [0.15, 0.2) is 6.29 Å². The van der Waals surface area contributed by atoms with Crippen LogP contribution in [-0.2, 0) is 4.74 Å². The molecule has 0 aromatic heterocycles. The van der Waals surface area contributed by atoms with E-state index in [1.165, 1.54) is 11.1 Å². The third-order valence-electron chi connectivity index (χ3n) is 3.85. The van der Waals surface area contributed by atoms with Crippen LogP contribution in [0.5, 0.6) is 0 Å². The molecule has 0 radical (unpaired) electrons. The van der Waals surface area contributed by atoms with Crippen LogP contribution in [0, 0.1) is 5.92 Å². The minimum absolute atomic E-state index is 0.442. The average Bonchev–Trinajstić information content (AvgIpc) is 2.37. The van der Waals surface area contributed by atoms with E-state index < -0.39 is 11.9 Å². The molecule has 0 fully saturated rings. The van der Waals surface area contributed by atoms with Gasteiger partial charge in [0, 0.05) is 6.42 Å². The molecule has 0 spiro atoms. The van der Waals surface area contributed by atoms with Gasteiger partial charge in [-0.3, -0.25) is 0 Å². The molecule has 0 aromatic carbocycles. The van der Waals surface area contributed by atoms with Crippen LogP contribution in [0.4, 0.5) is 0 Å². The fourth-order valence-corrected chi connectivity index (χ4v) is 2.33. The van der Waals surface area contributed by atoms with Crippen molar-refractivity contribution in [1.29, 1.82) is 0 Å². The Morgan fingerprint density at radius 1 is 1.14 bits per heavy atom. The maximum atomic E-state index is 10.2. The number of aliphatic hydroxyl groups is 1. The lowest BCUT2D eigenvalue weighted by molar-refractivity contribution is -0.170. The predicted molar refractivity (Wildman–Crippen MR) is 96.8 cm³/mol. The Hall–Kier alpha value is -0.860. The normalized spacial score (nSPS) is 16.3. The van der Waals surface area contributed by atoms with Gasteiger partial charge in [-0.2, -0.15) is 0 Å². The summed E-state index contributed by atoms with van der Waals surface area (Å²) in [6.45, 7) is 16.4. The van der Waals surface area contributed by atoms with Crippen molar-refractivity contribution in [2.24, 2.45) is 5.92 Å². The van der Waals surface area contributed by atoms with E-state index in [1.54, 1.807) is 0 Å². The second-order valence-corrected chi connectivity index (χ2v) is 7.11. The summed E-state index contributed by atoms with van der Waals surface area (Å²) in [5, 5.41) is 10.2. The van der Waals surface area contributed by atoms with Gasteiger partial charge in [-0.05, 0) is 66.2 Å². The maximum absolute atomic E-state index is 10.2. The first-order valence-corrected chi connectivity index (χ1v) is 8.44. The van der Waals surface area contributed by atoms with Gasteiger partial charge in [-0.15, -0.1) is 6.58 Å². The van der Waals surface area contributed by atoms with Crippen LogP contribution in [0.15, 0.2) is 36.0 Å². The highest BCUT2D eigenvalue weighted by molar-refractivity contribution is 4.99. The van der Waals surface area contributed by atoms with Gasteiger partial charge < -0.3 is 9.84 Å². The molecule has 0 rings (SSSR count). The Morgan fingerprint density at radius 3 is 2.18 bits per heavy atom. The van der Waals surface area contributed by atoms with Gasteiger partial charge in [-0.25, -0.2) is 0 Å². The topological polar surface area (TPSA) is 29.5 Å². The van der Waals surface area contributed by atoms with Crippen LogP contribution >= 0.6 is 0 Å². The first-order chi connectivity index (χ1) is 10.2. The summed E-state index contributed by atoms with van der Waals surface area (Å²) < 4.78 is 5.86. The van der Waals surface area contributed by atoms with E-state index >= 15 is 0 Å². The van der Waals surface area contributed by atoms with E-state index in [-0.39, 0.29) is 0 Å². The zero-order valence-electron chi connectivity index (χ0n) is 15.5. The molecule has 0 bridgehead atoms. The molecule has 0 aliphatic heterocycles. The molecule has 1 N–H and O–H groups in total. The third-order valence-corrected chi connectivity index (χ3v) is 3.85. The molecule has 0 heterocycles. The summed E-state index contributed by atoms with van der Waals surface area (Å²) in [5.41, 5.74) is 2.19. The highest BCUT2D eigenvalue weighted by atomic mass is 16.6. The second kappa shape index (κ2) is 10.8. The predicted octanol–water partition coefficient (Wildman–Crippen LogP) is 5.79. The molecule has 1 unspecified atom stereocenters. The SMILES string of the molecule is C=C[C@@](C)(CCC=C(C)C)O[C@@H](O)CC(C)CCC=C(C)C. The molecule has 2 heteroatoms. The number of hydrogen-bond acceptors (Lipinski definition) is 2. The highest BCUT2D eigenvalue weighted by Crippen LogP contribution is 2.24. The van der Waals surface area contributed by atoms with Crippen molar-refractivity contribution in [3.8, 4) is 0 Å². The Morgan fingerprint density at radius 2 is 1.68 bits per heavy atom. The lowest BCUT2D eigenvalue weighted by Gasteiger charge is -2.30. The summed E-state index contributed by atoms with van der Waals surface area (Å²) in [4.78, 5) is 0. The van der Waals surface area contributed by atoms with Crippen molar-refractivity contribution in [3.05, 3.63) is 36.0 Å². The van der Waals surface area contributed by atoms with Crippen LogP contribution in [0.1, 0.15) is 73.6 Å². The molecule has 0 aliphatic rings. The van der Waals surface area contributed by atoms with Crippen LogP contribution in [-0.4, -0.2) is 17.0 Å². The van der Waals surface area contributed by atoms with Gasteiger partial charge in [-0.1, -0.05) is 36.3 Å². The smallest absolute Gasteiger partial charge is 0.155 e. The highest BCUT2D eigenvalue weighted by Gasteiger charge is 2.24. The molecule has 0 aliphatic carbocycles. The number of allylic oxidation sites excluding steroid dienone is 4. The Bertz CT molecular complexity index is 373. The van der Waals surface area contributed by atoms with Crippen LogP contribution in [0.25, 0.3) is 0 Å². The zero-order chi connectivity index (χ0) is 17.2. The summed E-state index contributed by atoms with van der Waals surface area (Å²) in [5.74, 6) is 0.442. The minimum Gasteiger partial charge on any atom is -0.368 e. The molecule has 3 atom stereocenters. The van der Waals surface area contributed by atoms with E-state index in [1.807, 2.05) is 13.0 Å². The summed E-state index contributed by atoms with van der Waals surface area (Å²) in [7, 11) is 0. The van der Waals surface area contributed by atoms with Gasteiger partial charge in [0.25, 0.3) is 0 Å². The second-order valence-electron chi connectivity index (χ2n) is 7.11. The molecule has 0 aromatic rings. The Balaban J connectivity index is 4.28. The lowest BCUT2D eigenvalue weighted by atomic mass is 9.97. The van der Waals surface area contributed by atoms with E-state index in [2.05, 4.69) is 53.3 Å². The van der Waals surface area contributed by atoms with Crippen molar-refractivity contribution < 1.29 is 9.84 Å². The molecular weight excluding hydrogens is 272 g/mol. The van der Waals surface area contributed by atoms with Crippen molar-refractivity contribution in [2.45, 2.75) is 85.5 Å². The molecular formula is C20H36O2. The van der Waals surface area contributed by atoms with E-state index in [4.69, 9.17) is 4.74 Å². The van der Waals surface area contributed by atoms with Crippen molar-refractivity contribution in [1.82, 2.24) is 0 Å². The van der Waals surface area contributed by atoms with Gasteiger partial charge >= 0.3 is 0 Å². The number of rotatable bonds is 11. The van der Waals surface area contributed by atoms with Gasteiger partial charge in [0.05, 0.1) is 5.60 Å². The lowest BCUT2D eigenvalue weighted by Crippen LogP contribution is -2.32. The van der Waals surface area contributed by atoms with E-state index in [0.717, 1.165) is 25.7 Å². The number of hydrogen-bond donors (Lipinski definition) is 1. The largest absolute Gasteiger partial charge is 0.368 e. The third kappa shape index (κ3) is 10.8. The first-order valence-electron chi connectivity index (χ1n) is 8.44. The molecule has 0 amide bonds. The summed E-state index contributed by atoms with van der Waals surface area (Å²) in [6, 6.07) is 0. The van der Waals surface area contributed by atoms with Crippen molar-refractivity contribution >= 4 is 0 Å². The van der Waals surface area contributed by atoms with E-state index in [9.17, 15) is 5.11 Å².